The SMILES string of the molecule is CC[C@H](C)[C@@H]1CCC(=O)O1. The van der Waals surface area contributed by atoms with Crippen molar-refractivity contribution in [1.82, 2.24) is 0 Å². The molecule has 1 aliphatic heterocycles. The summed E-state index contributed by atoms with van der Waals surface area (Å²) in [5.41, 5.74) is 0. The van der Waals surface area contributed by atoms with Crippen molar-refractivity contribution in [2.75, 3.05) is 0 Å². The first-order valence-electron chi connectivity index (χ1n) is 3.93. The first-order valence-corrected chi connectivity index (χ1v) is 3.93. The average molecular weight is 142 g/mol. The Labute approximate surface area is 61.6 Å². The summed E-state index contributed by atoms with van der Waals surface area (Å²) in [4.78, 5) is 10.7. The molecule has 0 bridgehead atoms. The number of hydrogen-bond donors (Lipinski definition) is 0. The van der Waals surface area contributed by atoms with Gasteiger partial charge in [-0.1, -0.05) is 20.3 Å². The Bertz CT molecular complexity index is 131. The van der Waals surface area contributed by atoms with Gasteiger partial charge in [-0.2, -0.15) is 0 Å². The molecule has 0 aromatic heterocycles. The monoisotopic (exact) mass is 142 g/mol. The van der Waals surface area contributed by atoms with E-state index in [0.29, 0.717) is 12.3 Å². The lowest BCUT2D eigenvalue weighted by atomic mass is 10.00. The Morgan fingerprint density at radius 1 is 1.80 bits per heavy atom. The van der Waals surface area contributed by atoms with Crippen LogP contribution in [-0.4, -0.2) is 12.1 Å². The van der Waals surface area contributed by atoms with Crippen molar-refractivity contribution in [2.45, 2.75) is 39.2 Å². The minimum Gasteiger partial charge on any atom is -0.462 e. The van der Waals surface area contributed by atoms with Gasteiger partial charge in [0.05, 0.1) is 0 Å². The second-order valence-corrected chi connectivity index (χ2v) is 2.95. The number of esters is 1. The number of carbonyl (C=O) groups is 1. The molecule has 2 heteroatoms. The Kier molecular flexibility index (Phi) is 2.30. The third-order valence-electron chi connectivity index (χ3n) is 2.19. The summed E-state index contributed by atoms with van der Waals surface area (Å²) in [6.07, 6.45) is 2.85. The minimum absolute atomic E-state index is 0.0229. The van der Waals surface area contributed by atoms with Gasteiger partial charge in [-0.05, 0) is 12.3 Å². The average Bonchev–Trinajstić information content (AvgIpc) is 2.34. The number of cyclic esters (lactones) is 1. The van der Waals surface area contributed by atoms with Crippen LogP contribution in [-0.2, 0) is 9.53 Å². The lowest BCUT2D eigenvalue weighted by Crippen LogP contribution is -2.16. The van der Waals surface area contributed by atoms with Gasteiger partial charge in [-0.3, -0.25) is 4.79 Å². The molecular formula is C8H14O2. The number of hydrogen-bond acceptors (Lipinski definition) is 2. The van der Waals surface area contributed by atoms with Crippen molar-refractivity contribution in [3.05, 3.63) is 0 Å². The van der Waals surface area contributed by atoms with Gasteiger partial charge < -0.3 is 4.74 Å². The van der Waals surface area contributed by atoms with E-state index < -0.39 is 0 Å². The van der Waals surface area contributed by atoms with Crippen LogP contribution in [0.5, 0.6) is 0 Å². The summed E-state index contributed by atoms with van der Waals surface area (Å²) in [5, 5.41) is 0. The van der Waals surface area contributed by atoms with Crippen molar-refractivity contribution in [3.63, 3.8) is 0 Å². The second-order valence-electron chi connectivity index (χ2n) is 2.95. The molecule has 58 valence electrons. The molecule has 0 unspecified atom stereocenters. The first-order chi connectivity index (χ1) is 4.74. The molecule has 10 heavy (non-hydrogen) atoms. The minimum atomic E-state index is -0.0229. The van der Waals surface area contributed by atoms with E-state index in [9.17, 15) is 4.79 Å². The Morgan fingerprint density at radius 3 is 2.90 bits per heavy atom. The number of rotatable bonds is 2. The van der Waals surface area contributed by atoms with E-state index >= 15 is 0 Å². The normalized spacial score (nSPS) is 28.2. The van der Waals surface area contributed by atoms with Crippen LogP contribution < -0.4 is 0 Å². The number of ether oxygens (including phenoxy) is 1. The van der Waals surface area contributed by atoms with Gasteiger partial charge >= 0.3 is 5.97 Å². The molecule has 1 rings (SSSR count). The van der Waals surface area contributed by atoms with E-state index in [1.165, 1.54) is 0 Å². The molecule has 2 atom stereocenters. The van der Waals surface area contributed by atoms with Crippen molar-refractivity contribution in [1.29, 1.82) is 0 Å². The largest absolute Gasteiger partial charge is 0.462 e. The zero-order valence-corrected chi connectivity index (χ0v) is 6.59. The second kappa shape index (κ2) is 3.04. The lowest BCUT2D eigenvalue weighted by Gasteiger charge is -2.14. The zero-order chi connectivity index (χ0) is 7.56. The van der Waals surface area contributed by atoms with Gasteiger partial charge in [-0.15, -0.1) is 0 Å². The molecule has 0 aromatic carbocycles. The smallest absolute Gasteiger partial charge is 0.306 e. The predicted octanol–water partition coefficient (Wildman–Crippen LogP) is 1.74. The Morgan fingerprint density at radius 2 is 2.50 bits per heavy atom. The van der Waals surface area contributed by atoms with Crippen molar-refractivity contribution >= 4 is 5.97 Å². The van der Waals surface area contributed by atoms with Crippen LogP contribution in [0.3, 0.4) is 0 Å². The molecule has 0 N–H and O–H groups in total. The van der Waals surface area contributed by atoms with Gasteiger partial charge in [0.25, 0.3) is 0 Å². The highest BCUT2D eigenvalue weighted by atomic mass is 16.5. The molecule has 0 saturated carbocycles. The summed E-state index contributed by atoms with van der Waals surface area (Å²) >= 11 is 0. The maximum Gasteiger partial charge on any atom is 0.306 e. The topological polar surface area (TPSA) is 26.3 Å². The number of carbonyl (C=O) groups excluding carboxylic acids is 1. The van der Waals surface area contributed by atoms with Crippen molar-refractivity contribution in [2.24, 2.45) is 5.92 Å². The molecule has 1 saturated heterocycles. The molecule has 0 amide bonds. The van der Waals surface area contributed by atoms with E-state index in [1.54, 1.807) is 0 Å². The van der Waals surface area contributed by atoms with Crippen LogP contribution in [0.25, 0.3) is 0 Å². The quantitative estimate of drug-likeness (QED) is 0.549. The fraction of sp³-hybridized carbons (Fsp3) is 0.875. The van der Waals surface area contributed by atoms with Crippen LogP contribution in [0.1, 0.15) is 33.1 Å². The fourth-order valence-corrected chi connectivity index (χ4v) is 1.21. The van der Waals surface area contributed by atoms with Gasteiger partial charge in [0.1, 0.15) is 6.10 Å². The lowest BCUT2D eigenvalue weighted by molar-refractivity contribution is -0.143. The van der Waals surface area contributed by atoms with Crippen LogP contribution in [0.4, 0.5) is 0 Å². The van der Waals surface area contributed by atoms with E-state index in [-0.39, 0.29) is 12.1 Å². The zero-order valence-electron chi connectivity index (χ0n) is 6.59. The van der Waals surface area contributed by atoms with E-state index in [4.69, 9.17) is 4.74 Å². The maximum absolute atomic E-state index is 10.7. The van der Waals surface area contributed by atoms with Gasteiger partial charge in [0.2, 0.25) is 0 Å². The molecule has 0 radical (unpaired) electrons. The Hall–Kier alpha value is -0.530. The fourth-order valence-electron chi connectivity index (χ4n) is 1.21. The van der Waals surface area contributed by atoms with Crippen molar-refractivity contribution < 1.29 is 9.53 Å². The summed E-state index contributed by atoms with van der Waals surface area (Å²) in [5.74, 6) is 0.511. The summed E-state index contributed by atoms with van der Waals surface area (Å²) in [6.45, 7) is 4.25. The summed E-state index contributed by atoms with van der Waals surface area (Å²) in [7, 11) is 0. The molecule has 1 aliphatic rings. The highest BCUT2D eigenvalue weighted by Crippen LogP contribution is 2.22. The van der Waals surface area contributed by atoms with Crippen LogP contribution in [0.2, 0.25) is 0 Å². The summed E-state index contributed by atoms with van der Waals surface area (Å²) < 4.78 is 5.08. The third-order valence-corrected chi connectivity index (χ3v) is 2.19. The molecule has 1 heterocycles. The molecule has 1 fully saturated rings. The van der Waals surface area contributed by atoms with Crippen LogP contribution >= 0.6 is 0 Å². The maximum atomic E-state index is 10.7. The molecule has 0 aliphatic carbocycles. The molecule has 0 aromatic rings. The van der Waals surface area contributed by atoms with E-state index in [2.05, 4.69) is 13.8 Å². The Balaban J connectivity index is 2.36. The standard InChI is InChI=1S/C8H14O2/c1-3-6(2)7-4-5-8(9)10-7/h6-7H,3-5H2,1-2H3/t6-,7-/m0/s1. The van der Waals surface area contributed by atoms with Crippen LogP contribution in [0, 0.1) is 5.92 Å². The first kappa shape index (κ1) is 7.58. The van der Waals surface area contributed by atoms with Crippen molar-refractivity contribution in [3.8, 4) is 0 Å². The third kappa shape index (κ3) is 1.49. The summed E-state index contributed by atoms with van der Waals surface area (Å²) in [6, 6.07) is 0. The molecule has 0 spiro atoms. The van der Waals surface area contributed by atoms with Gasteiger partial charge in [0.15, 0.2) is 0 Å². The van der Waals surface area contributed by atoms with E-state index in [1.807, 2.05) is 0 Å². The van der Waals surface area contributed by atoms with Gasteiger partial charge in [0, 0.05) is 6.42 Å². The highest BCUT2D eigenvalue weighted by molar-refractivity contribution is 5.71. The molecule has 2 nitrogen and oxygen atoms in total. The molecular weight excluding hydrogens is 128 g/mol. The van der Waals surface area contributed by atoms with Crippen LogP contribution in [0.15, 0.2) is 0 Å². The predicted molar refractivity (Wildman–Crippen MR) is 38.6 cm³/mol. The highest BCUT2D eigenvalue weighted by Gasteiger charge is 2.26. The van der Waals surface area contributed by atoms with E-state index in [0.717, 1.165) is 12.8 Å². The van der Waals surface area contributed by atoms with Gasteiger partial charge in [-0.25, -0.2) is 0 Å².